The fraction of sp³-hybridized carbons (Fsp3) is 0.286. The summed E-state index contributed by atoms with van der Waals surface area (Å²) in [6.45, 7) is 1.90. The normalized spacial score (nSPS) is 12.1. The monoisotopic (exact) mass is 258 g/mol. The minimum atomic E-state index is -0.00779. The van der Waals surface area contributed by atoms with E-state index in [1.807, 2.05) is 31.2 Å². The van der Waals surface area contributed by atoms with Crippen LogP contribution in [0.3, 0.4) is 0 Å². The number of H-pyrrole nitrogens is 1. The third-order valence-electron chi connectivity index (χ3n) is 2.80. The van der Waals surface area contributed by atoms with Gasteiger partial charge in [-0.2, -0.15) is 0 Å². The summed E-state index contributed by atoms with van der Waals surface area (Å²) in [5.41, 5.74) is 8.40. The van der Waals surface area contributed by atoms with Gasteiger partial charge in [0.1, 0.15) is 0 Å². The molecule has 0 bridgehead atoms. The first-order valence-corrected chi connectivity index (χ1v) is 6.29. The maximum Gasteiger partial charge on any atom is 0.224 e. The molecule has 1 heterocycles. The average Bonchev–Trinajstić information content (AvgIpc) is 2.91. The van der Waals surface area contributed by atoms with Crippen LogP contribution in [0.5, 0.6) is 0 Å². The van der Waals surface area contributed by atoms with Crippen molar-refractivity contribution in [3.63, 3.8) is 0 Å². The molecule has 0 saturated heterocycles. The first-order chi connectivity index (χ1) is 9.15. The topological polar surface area (TPSA) is 83.8 Å². The summed E-state index contributed by atoms with van der Waals surface area (Å²) >= 11 is 0. The Morgan fingerprint density at radius 2 is 2.16 bits per heavy atom. The molecule has 1 aromatic carbocycles. The Hall–Kier alpha value is -2.14. The second-order valence-electron chi connectivity index (χ2n) is 4.61. The number of hydrogen-bond donors (Lipinski definition) is 3. The minimum absolute atomic E-state index is 0.00779. The molecule has 1 aromatic heterocycles. The van der Waals surface area contributed by atoms with Crippen molar-refractivity contribution in [1.82, 2.24) is 9.97 Å². The van der Waals surface area contributed by atoms with Crippen LogP contribution < -0.4 is 11.1 Å². The lowest BCUT2D eigenvalue weighted by molar-refractivity contribution is -0.116. The van der Waals surface area contributed by atoms with Crippen molar-refractivity contribution in [3.05, 3.63) is 36.8 Å². The molecule has 100 valence electrons. The van der Waals surface area contributed by atoms with Crippen LogP contribution in [-0.2, 0) is 4.79 Å². The molecular weight excluding hydrogens is 240 g/mol. The molecule has 1 atom stereocenters. The molecule has 2 aromatic rings. The molecule has 1 amide bonds. The van der Waals surface area contributed by atoms with E-state index in [9.17, 15) is 4.79 Å². The third kappa shape index (κ3) is 3.93. The number of aromatic amines is 1. The quantitative estimate of drug-likeness (QED) is 0.768. The van der Waals surface area contributed by atoms with Crippen molar-refractivity contribution in [3.8, 4) is 11.3 Å². The molecule has 4 N–H and O–H groups in total. The summed E-state index contributed by atoms with van der Waals surface area (Å²) < 4.78 is 0. The molecule has 0 radical (unpaired) electrons. The molecule has 19 heavy (non-hydrogen) atoms. The van der Waals surface area contributed by atoms with E-state index in [-0.39, 0.29) is 11.9 Å². The summed E-state index contributed by atoms with van der Waals surface area (Å²) in [7, 11) is 0. The lowest BCUT2D eigenvalue weighted by atomic mass is 10.1. The van der Waals surface area contributed by atoms with Crippen molar-refractivity contribution in [2.45, 2.75) is 25.8 Å². The molecule has 2 rings (SSSR count). The standard InChI is InChI=1S/C14H18N4O/c1-10(15)2-7-14(19)18-12-5-3-11(4-6-12)13-8-16-9-17-13/h3-6,8-10H,2,7,15H2,1H3,(H,16,17)(H,18,19). The molecule has 5 nitrogen and oxygen atoms in total. The van der Waals surface area contributed by atoms with Gasteiger partial charge in [-0.25, -0.2) is 4.98 Å². The first-order valence-electron chi connectivity index (χ1n) is 6.29. The number of aromatic nitrogens is 2. The molecular formula is C14H18N4O. The van der Waals surface area contributed by atoms with Gasteiger partial charge in [-0.3, -0.25) is 4.79 Å². The van der Waals surface area contributed by atoms with E-state index in [2.05, 4.69) is 15.3 Å². The van der Waals surface area contributed by atoms with Crippen molar-refractivity contribution in [1.29, 1.82) is 0 Å². The van der Waals surface area contributed by atoms with Gasteiger partial charge in [-0.05, 0) is 31.0 Å². The van der Waals surface area contributed by atoms with Crippen LogP contribution in [0.1, 0.15) is 19.8 Å². The highest BCUT2D eigenvalue weighted by Crippen LogP contribution is 2.18. The molecule has 0 saturated carbocycles. The summed E-state index contributed by atoms with van der Waals surface area (Å²) in [5.74, 6) is -0.00779. The van der Waals surface area contributed by atoms with Crippen LogP contribution in [0.25, 0.3) is 11.3 Å². The molecule has 1 unspecified atom stereocenters. The number of imidazole rings is 1. The van der Waals surface area contributed by atoms with Crippen LogP contribution >= 0.6 is 0 Å². The zero-order valence-electron chi connectivity index (χ0n) is 10.9. The van der Waals surface area contributed by atoms with Gasteiger partial charge in [0.2, 0.25) is 5.91 Å². The van der Waals surface area contributed by atoms with Gasteiger partial charge in [-0.1, -0.05) is 12.1 Å². The third-order valence-corrected chi connectivity index (χ3v) is 2.80. The predicted molar refractivity (Wildman–Crippen MR) is 75.5 cm³/mol. The smallest absolute Gasteiger partial charge is 0.224 e. The van der Waals surface area contributed by atoms with E-state index in [0.29, 0.717) is 12.8 Å². The SMILES string of the molecule is CC(N)CCC(=O)Nc1ccc(-c2cnc[nH]2)cc1. The van der Waals surface area contributed by atoms with E-state index in [1.54, 1.807) is 12.5 Å². The Bertz CT molecular complexity index is 517. The summed E-state index contributed by atoms with van der Waals surface area (Å²) in [5, 5.41) is 2.85. The Balaban J connectivity index is 1.94. The fourth-order valence-corrected chi connectivity index (χ4v) is 1.73. The Morgan fingerprint density at radius 3 is 2.74 bits per heavy atom. The van der Waals surface area contributed by atoms with E-state index in [4.69, 9.17) is 5.73 Å². The maximum atomic E-state index is 11.6. The Labute approximate surface area is 112 Å². The van der Waals surface area contributed by atoms with Gasteiger partial charge in [0, 0.05) is 18.2 Å². The molecule has 0 aliphatic rings. The van der Waals surface area contributed by atoms with Crippen LogP contribution in [-0.4, -0.2) is 21.9 Å². The van der Waals surface area contributed by atoms with Crippen LogP contribution in [0.15, 0.2) is 36.8 Å². The van der Waals surface area contributed by atoms with Crippen LogP contribution in [0.4, 0.5) is 5.69 Å². The lowest BCUT2D eigenvalue weighted by Gasteiger charge is -2.07. The zero-order valence-corrected chi connectivity index (χ0v) is 10.9. The minimum Gasteiger partial charge on any atom is -0.345 e. The van der Waals surface area contributed by atoms with Gasteiger partial charge in [-0.15, -0.1) is 0 Å². The first kappa shape index (κ1) is 13.3. The Morgan fingerprint density at radius 1 is 1.42 bits per heavy atom. The van der Waals surface area contributed by atoms with E-state index >= 15 is 0 Å². The number of nitrogens with two attached hydrogens (primary N) is 1. The number of amides is 1. The number of nitrogens with one attached hydrogen (secondary N) is 2. The predicted octanol–water partition coefficient (Wildman–Crippen LogP) is 2.14. The van der Waals surface area contributed by atoms with Gasteiger partial charge in [0.05, 0.1) is 18.2 Å². The molecule has 0 aliphatic carbocycles. The van der Waals surface area contributed by atoms with Gasteiger partial charge >= 0.3 is 0 Å². The van der Waals surface area contributed by atoms with Gasteiger partial charge in [0.25, 0.3) is 0 Å². The number of carbonyl (C=O) groups excluding carboxylic acids is 1. The van der Waals surface area contributed by atoms with Crippen LogP contribution in [0.2, 0.25) is 0 Å². The summed E-state index contributed by atoms with van der Waals surface area (Å²) in [4.78, 5) is 18.7. The number of rotatable bonds is 5. The second kappa shape index (κ2) is 6.15. The molecule has 5 heteroatoms. The highest BCUT2D eigenvalue weighted by molar-refractivity contribution is 5.90. The largest absolute Gasteiger partial charge is 0.345 e. The Kier molecular flexibility index (Phi) is 4.30. The number of benzene rings is 1. The van der Waals surface area contributed by atoms with Crippen molar-refractivity contribution < 1.29 is 4.79 Å². The number of hydrogen-bond acceptors (Lipinski definition) is 3. The number of carbonyl (C=O) groups is 1. The van der Waals surface area contributed by atoms with E-state index < -0.39 is 0 Å². The van der Waals surface area contributed by atoms with Gasteiger partial charge < -0.3 is 16.0 Å². The van der Waals surface area contributed by atoms with Gasteiger partial charge in [0.15, 0.2) is 0 Å². The maximum absolute atomic E-state index is 11.6. The molecule has 0 spiro atoms. The summed E-state index contributed by atoms with van der Waals surface area (Å²) in [6.07, 6.45) is 4.53. The van der Waals surface area contributed by atoms with Crippen molar-refractivity contribution >= 4 is 11.6 Å². The van der Waals surface area contributed by atoms with Crippen molar-refractivity contribution in [2.75, 3.05) is 5.32 Å². The molecule has 0 aliphatic heterocycles. The highest BCUT2D eigenvalue weighted by Gasteiger charge is 2.05. The number of nitrogens with zero attached hydrogens (tertiary/aromatic N) is 1. The summed E-state index contributed by atoms with van der Waals surface area (Å²) in [6, 6.07) is 7.68. The second-order valence-corrected chi connectivity index (χ2v) is 4.61. The van der Waals surface area contributed by atoms with Crippen LogP contribution in [0, 0.1) is 0 Å². The van der Waals surface area contributed by atoms with E-state index in [0.717, 1.165) is 16.9 Å². The van der Waals surface area contributed by atoms with E-state index in [1.165, 1.54) is 0 Å². The average molecular weight is 258 g/mol. The zero-order chi connectivity index (χ0) is 13.7. The highest BCUT2D eigenvalue weighted by atomic mass is 16.1. The fourth-order valence-electron chi connectivity index (χ4n) is 1.73. The number of anilines is 1. The lowest BCUT2D eigenvalue weighted by Crippen LogP contribution is -2.19. The molecule has 0 fully saturated rings. The van der Waals surface area contributed by atoms with Crippen molar-refractivity contribution in [2.24, 2.45) is 5.73 Å².